The lowest BCUT2D eigenvalue weighted by Crippen LogP contribution is -2.38. The number of rotatable bonds is 2. The van der Waals surface area contributed by atoms with Gasteiger partial charge in [-0.1, -0.05) is 24.3 Å². The molecule has 5 nitrogen and oxygen atoms in total. The maximum absolute atomic E-state index is 13.3. The van der Waals surface area contributed by atoms with E-state index in [0.717, 1.165) is 42.3 Å². The van der Waals surface area contributed by atoms with Crippen molar-refractivity contribution < 1.29 is 39.6 Å². The maximum Gasteiger partial charge on any atom is 0.416 e. The molecule has 1 saturated heterocycles. The Morgan fingerprint density at radius 1 is 1.00 bits per heavy atom. The predicted molar refractivity (Wildman–Crippen MR) is 116 cm³/mol. The maximum atomic E-state index is 13.3. The van der Waals surface area contributed by atoms with E-state index in [2.05, 4.69) is 5.10 Å². The highest BCUT2D eigenvalue weighted by Gasteiger charge is 2.47. The number of hydrogen-bond acceptors (Lipinski definition) is 4. The van der Waals surface area contributed by atoms with E-state index in [1.54, 1.807) is 0 Å². The Labute approximate surface area is 196 Å². The summed E-state index contributed by atoms with van der Waals surface area (Å²) in [7, 11) is -3.80. The van der Waals surface area contributed by atoms with Crippen molar-refractivity contribution in [3.8, 4) is 0 Å². The molecule has 0 saturated carbocycles. The van der Waals surface area contributed by atoms with Crippen molar-refractivity contribution in [1.29, 1.82) is 0 Å². The highest BCUT2D eigenvalue weighted by Crippen LogP contribution is 2.43. The number of amides is 1. The zero-order valence-corrected chi connectivity index (χ0v) is 18.9. The third kappa shape index (κ3) is 5.12. The van der Waals surface area contributed by atoms with E-state index >= 15 is 0 Å². The van der Waals surface area contributed by atoms with Gasteiger partial charge in [-0.2, -0.15) is 31.4 Å². The summed E-state index contributed by atoms with van der Waals surface area (Å²) >= 11 is 0. The van der Waals surface area contributed by atoms with Crippen LogP contribution in [0.15, 0.2) is 59.2 Å². The Kier molecular flexibility index (Phi) is 6.06. The van der Waals surface area contributed by atoms with E-state index in [0.29, 0.717) is 0 Å². The van der Waals surface area contributed by atoms with Gasteiger partial charge in [-0.25, -0.2) is 13.4 Å². The standard InChI is InChI=1S/C23H18F6N2O3S/c1-13(32)31-21(15-5-3-7-18(10-15)23(27,28)29)19-12-35(33,34)11-16(20(19)30-31)8-14-4-2-6-17(9-14)22(24,25)26/h2-10,19,21H,11-12H2,1H3/b16-8-. The highest BCUT2D eigenvalue weighted by molar-refractivity contribution is 7.91. The molecule has 0 aromatic heterocycles. The Morgan fingerprint density at radius 3 is 2.20 bits per heavy atom. The van der Waals surface area contributed by atoms with Crippen LogP contribution in [0.4, 0.5) is 26.3 Å². The van der Waals surface area contributed by atoms with E-state index in [9.17, 15) is 39.6 Å². The van der Waals surface area contributed by atoms with Crippen molar-refractivity contribution >= 4 is 27.5 Å². The largest absolute Gasteiger partial charge is 0.416 e. The Hall–Kier alpha value is -3.15. The van der Waals surface area contributed by atoms with Crippen LogP contribution in [0.25, 0.3) is 6.08 Å². The fraction of sp³-hybridized carbons (Fsp3) is 0.304. The first-order chi connectivity index (χ1) is 16.2. The van der Waals surface area contributed by atoms with Crippen molar-refractivity contribution in [1.82, 2.24) is 5.01 Å². The lowest BCUT2D eigenvalue weighted by molar-refractivity contribution is -0.138. The smallest absolute Gasteiger partial charge is 0.273 e. The molecule has 2 atom stereocenters. The Bertz CT molecular complexity index is 1350. The number of hydrogen-bond donors (Lipinski definition) is 0. The van der Waals surface area contributed by atoms with Gasteiger partial charge in [0.15, 0.2) is 9.84 Å². The van der Waals surface area contributed by atoms with E-state index in [1.165, 1.54) is 24.3 Å². The fourth-order valence-corrected chi connectivity index (χ4v) is 6.06. The Balaban J connectivity index is 1.82. The molecule has 2 unspecified atom stereocenters. The minimum atomic E-state index is -4.66. The second-order valence-corrected chi connectivity index (χ2v) is 10.5. The van der Waals surface area contributed by atoms with Crippen molar-refractivity contribution in [2.24, 2.45) is 11.0 Å². The molecule has 12 heteroatoms. The summed E-state index contributed by atoms with van der Waals surface area (Å²) in [6, 6.07) is 7.35. The molecule has 4 rings (SSSR count). The van der Waals surface area contributed by atoms with Crippen LogP contribution >= 0.6 is 0 Å². The number of sulfone groups is 1. The molecule has 1 fully saturated rings. The fourth-order valence-electron chi connectivity index (χ4n) is 4.35. The lowest BCUT2D eigenvalue weighted by atomic mass is 9.87. The number of halogens is 6. The summed E-state index contributed by atoms with van der Waals surface area (Å²) in [5.74, 6) is -2.61. The van der Waals surface area contributed by atoms with Gasteiger partial charge >= 0.3 is 12.4 Å². The third-order valence-electron chi connectivity index (χ3n) is 5.78. The van der Waals surface area contributed by atoms with E-state index in [4.69, 9.17) is 0 Å². The molecule has 0 spiro atoms. The quantitative estimate of drug-likeness (QED) is 0.521. The van der Waals surface area contributed by atoms with Crippen LogP contribution in [0.2, 0.25) is 0 Å². The number of alkyl halides is 6. The normalized spacial score (nSPS) is 23.2. The molecule has 0 radical (unpaired) electrons. The van der Waals surface area contributed by atoms with Gasteiger partial charge in [0.1, 0.15) is 0 Å². The number of nitrogens with zero attached hydrogens (tertiary/aromatic N) is 2. The minimum absolute atomic E-state index is 0.0503. The van der Waals surface area contributed by atoms with Crippen LogP contribution in [0, 0.1) is 5.92 Å². The van der Waals surface area contributed by atoms with Crippen LogP contribution in [-0.2, 0) is 27.0 Å². The molecule has 0 N–H and O–H groups in total. The van der Waals surface area contributed by atoms with Gasteiger partial charge < -0.3 is 0 Å². The summed E-state index contributed by atoms with van der Waals surface area (Å²) in [4.78, 5) is 12.3. The lowest BCUT2D eigenvalue weighted by Gasteiger charge is -2.29. The highest BCUT2D eigenvalue weighted by atomic mass is 32.2. The molecular formula is C23H18F6N2O3S. The molecule has 186 valence electrons. The first kappa shape index (κ1) is 25.0. The number of fused-ring (bicyclic) bond motifs is 1. The molecule has 0 aliphatic carbocycles. The summed E-state index contributed by atoms with van der Waals surface area (Å²) in [6.07, 6.45) is -8.02. The van der Waals surface area contributed by atoms with Crippen molar-refractivity contribution in [3.05, 3.63) is 76.4 Å². The van der Waals surface area contributed by atoms with Crippen LogP contribution in [-0.4, -0.2) is 36.6 Å². The third-order valence-corrected chi connectivity index (χ3v) is 7.40. The van der Waals surface area contributed by atoms with Gasteiger partial charge in [0.2, 0.25) is 5.91 Å². The van der Waals surface area contributed by atoms with Crippen LogP contribution in [0.3, 0.4) is 0 Å². The van der Waals surface area contributed by atoms with Crippen LogP contribution < -0.4 is 0 Å². The second kappa shape index (κ2) is 8.51. The molecule has 2 aliphatic rings. The van der Waals surface area contributed by atoms with Gasteiger partial charge in [0.05, 0.1) is 34.4 Å². The molecule has 2 heterocycles. The molecular weight excluding hydrogens is 498 g/mol. The van der Waals surface area contributed by atoms with Crippen molar-refractivity contribution in [2.45, 2.75) is 25.3 Å². The van der Waals surface area contributed by atoms with Gasteiger partial charge in [0.25, 0.3) is 0 Å². The zero-order chi connectivity index (χ0) is 25.8. The van der Waals surface area contributed by atoms with Gasteiger partial charge in [-0.05, 0) is 47.0 Å². The number of carbonyl (C=O) groups excluding carboxylic acids is 1. The molecule has 2 aliphatic heterocycles. The summed E-state index contributed by atoms with van der Waals surface area (Å²) in [6.45, 7) is 1.15. The average molecular weight is 516 g/mol. The summed E-state index contributed by atoms with van der Waals surface area (Å²) < 4.78 is 105. The average Bonchev–Trinajstić information content (AvgIpc) is 3.11. The van der Waals surface area contributed by atoms with E-state index in [1.807, 2.05) is 0 Å². The molecule has 2 aromatic carbocycles. The summed E-state index contributed by atoms with van der Waals surface area (Å²) in [5.41, 5.74) is -1.54. The van der Waals surface area contributed by atoms with Gasteiger partial charge in [-0.3, -0.25) is 4.79 Å². The van der Waals surface area contributed by atoms with Gasteiger partial charge in [0, 0.05) is 12.8 Å². The second-order valence-electron chi connectivity index (χ2n) is 8.37. The first-order valence-corrected chi connectivity index (χ1v) is 12.1. The number of hydrazone groups is 1. The molecule has 35 heavy (non-hydrogen) atoms. The van der Waals surface area contributed by atoms with Gasteiger partial charge in [-0.15, -0.1) is 0 Å². The number of benzene rings is 2. The van der Waals surface area contributed by atoms with Crippen molar-refractivity contribution in [3.63, 3.8) is 0 Å². The summed E-state index contributed by atoms with van der Waals surface area (Å²) in [5, 5.41) is 5.18. The molecule has 0 bridgehead atoms. The van der Waals surface area contributed by atoms with Crippen molar-refractivity contribution in [2.75, 3.05) is 11.5 Å². The zero-order valence-electron chi connectivity index (χ0n) is 18.1. The van der Waals surface area contributed by atoms with E-state index in [-0.39, 0.29) is 22.4 Å². The predicted octanol–water partition coefficient (Wildman–Crippen LogP) is 5.11. The van der Waals surface area contributed by atoms with Crippen LogP contribution in [0.5, 0.6) is 0 Å². The van der Waals surface area contributed by atoms with E-state index < -0.39 is 62.7 Å². The molecule has 2 aromatic rings. The monoisotopic (exact) mass is 516 g/mol. The molecule has 1 amide bonds. The SMILES string of the molecule is CC(=O)N1N=C2/C(=C\c3cccc(C(F)(F)F)c3)CS(=O)(=O)CC2C1c1cccc(C(F)(F)F)c1. The Morgan fingerprint density at radius 2 is 1.60 bits per heavy atom. The van der Waals surface area contributed by atoms with Crippen LogP contribution in [0.1, 0.15) is 35.2 Å². The topological polar surface area (TPSA) is 66.8 Å². The minimum Gasteiger partial charge on any atom is -0.273 e. The number of carbonyl (C=O) groups is 1. The first-order valence-electron chi connectivity index (χ1n) is 10.3.